The fourth-order valence-electron chi connectivity index (χ4n) is 5.84. The minimum absolute atomic E-state index is 0.00199. The molecular formula is C33H38FN3O4. The van der Waals surface area contributed by atoms with Crippen molar-refractivity contribution in [2.24, 2.45) is 5.92 Å². The van der Waals surface area contributed by atoms with Gasteiger partial charge < -0.3 is 25.0 Å². The number of amides is 2. The first-order valence-corrected chi connectivity index (χ1v) is 14.3. The van der Waals surface area contributed by atoms with Crippen molar-refractivity contribution in [2.75, 3.05) is 12.0 Å². The van der Waals surface area contributed by atoms with Crippen LogP contribution in [0.5, 0.6) is 11.5 Å². The Morgan fingerprint density at radius 3 is 2.29 bits per heavy atom. The second-order valence-electron chi connectivity index (χ2n) is 11.2. The van der Waals surface area contributed by atoms with Crippen LogP contribution in [0.1, 0.15) is 61.0 Å². The van der Waals surface area contributed by atoms with Gasteiger partial charge in [0.05, 0.1) is 7.11 Å². The van der Waals surface area contributed by atoms with Gasteiger partial charge in [0.1, 0.15) is 30.1 Å². The first-order chi connectivity index (χ1) is 19.8. The molecule has 0 radical (unpaired) electrons. The van der Waals surface area contributed by atoms with Crippen molar-refractivity contribution in [3.63, 3.8) is 0 Å². The molecule has 2 N–H and O–H groups in total. The Morgan fingerprint density at radius 1 is 0.951 bits per heavy atom. The zero-order valence-electron chi connectivity index (χ0n) is 23.9. The molecular weight excluding hydrogens is 521 g/mol. The monoisotopic (exact) mass is 559 g/mol. The number of nitrogens with one attached hydrogen (secondary N) is 2. The Hall–Kier alpha value is -4.07. The second-order valence-corrected chi connectivity index (χ2v) is 11.2. The van der Waals surface area contributed by atoms with E-state index in [1.165, 1.54) is 24.3 Å². The Bertz CT molecular complexity index is 1350. The third kappa shape index (κ3) is 6.81. The van der Waals surface area contributed by atoms with Gasteiger partial charge in [-0.3, -0.25) is 9.59 Å². The van der Waals surface area contributed by atoms with E-state index < -0.39 is 0 Å². The first kappa shape index (κ1) is 28.5. The predicted molar refractivity (Wildman–Crippen MR) is 157 cm³/mol. The molecule has 0 bridgehead atoms. The maximum Gasteiger partial charge on any atom is 0.252 e. The molecule has 41 heavy (non-hydrogen) atoms. The quantitative estimate of drug-likeness (QED) is 0.356. The number of ether oxygens (including phenoxy) is 2. The summed E-state index contributed by atoms with van der Waals surface area (Å²) in [4.78, 5) is 28.1. The van der Waals surface area contributed by atoms with E-state index in [1.807, 2.05) is 44.2 Å². The summed E-state index contributed by atoms with van der Waals surface area (Å²) < 4.78 is 24.9. The van der Waals surface area contributed by atoms with Crippen LogP contribution in [0.15, 0.2) is 66.7 Å². The van der Waals surface area contributed by atoms with Gasteiger partial charge in [-0.2, -0.15) is 0 Å². The first-order valence-electron chi connectivity index (χ1n) is 14.3. The van der Waals surface area contributed by atoms with Crippen LogP contribution in [0.25, 0.3) is 0 Å². The highest BCUT2D eigenvalue weighted by Crippen LogP contribution is 2.40. The Kier molecular flexibility index (Phi) is 8.76. The summed E-state index contributed by atoms with van der Waals surface area (Å²) in [5, 5.41) is 6.24. The van der Waals surface area contributed by atoms with Gasteiger partial charge in [0, 0.05) is 41.7 Å². The number of carbonyl (C=O) groups is 2. The van der Waals surface area contributed by atoms with Crippen molar-refractivity contribution < 1.29 is 23.5 Å². The summed E-state index contributed by atoms with van der Waals surface area (Å²) in [6, 6.07) is 19.8. The summed E-state index contributed by atoms with van der Waals surface area (Å²) >= 11 is 0. The van der Waals surface area contributed by atoms with Crippen LogP contribution in [0.2, 0.25) is 0 Å². The number of halogens is 1. The molecule has 5 rings (SSSR count). The van der Waals surface area contributed by atoms with Gasteiger partial charge in [-0.1, -0.05) is 18.2 Å². The lowest BCUT2D eigenvalue weighted by molar-refractivity contribution is -0.126. The Labute approximate surface area is 241 Å². The second kappa shape index (κ2) is 12.6. The number of nitrogens with zero attached hydrogens (tertiary/aromatic N) is 1. The maximum absolute atomic E-state index is 13.5. The normalized spacial score (nSPS) is 19.9. The third-order valence-corrected chi connectivity index (χ3v) is 7.94. The number of fused-ring (bicyclic) bond motifs is 1. The molecule has 1 heterocycles. The van der Waals surface area contributed by atoms with Crippen molar-refractivity contribution in [2.45, 2.75) is 70.8 Å². The van der Waals surface area contributed by atoms with Gasteiger partial charge in [-0.05, 0) is 93.1 Å². The molecule has 1 atom stereocenters. The van der Waals surface area contributed by atoms with Crippen molar-refractivity contribution in [3.8, 4) is 11.5 Å². The molecule has 8 heteroatoms. The van der Waals surface area contributed by atoms with Crippen molar-refractivity contribution >= 4 is 17.5 Å². The fourth-order valence-corrected chi connectivity index (χ4v) is 5.84. The predicted octanol–water partition coefficient (Wildman–Crippen LogP) is 5.62. The molecule has 3 aromatic rings. The van der Waals surface area contributed by atoms with Gasteiger partial charge in [0.15, 0.2) is 0 Å². The highest BCUT2D eigenvalue weighted by molar-refractivity contribution is 5.94. The molecule has 0 aromatic heterocycles. The summed E-state index contributed by atoms with van der Waals surface area (Å²) in [7, 11) is 1.64. The number of hydrogen-bond donors (Lipinski definition) is 2. The van der Waals surface area contributed by atoms with Crippen LogP contribution < -0.4 is 25.0 Å². The highest BCUT2D eigenvalue weighted by Gasteiger charge is 2.38. The minimum atomic E-state index is -0.378. The van der Waals surface area contributed by atoms with Crippen LogP contribution in [0, 0.1) is 11.7 Å². The molecule has 1 fully saturated rings. The van der Waals surface area contributed by atoms with Crippen LogP contribution in [-0.4, -0.2) is 37.2 Å². The summed E-state index contributed by atoms with van der Waals surface area (Å²) in [6.07, 6.45) is 3.66. The van der Waals surface area contributed by atoms with Crippen LogP contribution >= 0.6 is 0 Å². The van der Waals surface area contributed by atoms with E-state index in [4.69, 9.17) is 9.47 Å². The summed E-state index contributed by atoms with van der Waals surface area (Å²) in [5.74, 6) is 1.05. The van der Waals surface area contributed by atoms with E-state index in [9.17, 15) is 14.0 Å². The van der Waals surface area contributed by atoms with Gasteiger partial charge >= 0.3 is 0 Å². The largest absolute Gasteiger partial charge is 0.497 e. The molecule has 3 aromatic carbocycles. The number of hydrogen-bond acceptors (Lipinski definition) is 5. The molecule has 7 nitrogen and oxygen atoms in total. The molecule has 0 saturated heterocycles. The van der Waals surface area contributed by atoms with E-state index in [1.54, 1.807) is 7.11 Å². The van der Waals surface area contributed by atoms with Gasteiger partial charge in [-0.25, -0.2) is 4.39 Å². The molecule has 2 amide bonds. The highest BCUT2D eigenvalue weighted by atomic mass is 19.1. The number of benzene rings is 3. The number of carbonyl (C=O) groups excluding carboxylic acids is 2. The molecule has 1 aliphatic carbocycles. The topological polar surface area (TPSA) is 79.9 Å². The molecule has 216 valence electrons. The van der Waals surface area contributed by atoms with E-state index in [0.717, 1.165) is 54.0 Å². The fraction of sp³-hybridized carbons (Fsp3) is 0.394. The van der Waals surface area contributed by atoms with Crippen LogP contribution in [0.4, 0.5) is 10.1 Å². The minimum Gasteiger partial charge on any atom is -0.497 e. The average Bonchev–Trinajstić information content (AvgIpc) is 3.33. The van der Waals surface area contributed by atoms with Gasteiger partial charge in [0.25, 0.3) is 5.91 Å². The van der Waals surface area contributed by atoms with Gasteiger partial charge in [-0.15, -0.1) is 0 Å². The maximum atomic E-state index is 13.5. The molecule has 1 aliphatic heterocycles. The number of rotatable bonds is 9. The number of anilines is 1. The lowest BCUT2D eigenvalue weighted by Gasteiger charge is -2.40. The summed E-state index contributed by atoms with van der Waals surface area (Å²) in [6.45, 7) is 4.38. The third-order valence-electron chi connectivity index (χ3n) is 7.94. The molecule has 1 saturated carbocycles. The van der Waals surface area contributed by atoms with Gasteiger partial charge in [0.2, 0.25) is 5.91 Å². The molecule has 0 spiro atoms. The zero-order valence-corrected chi connectivity index (χ0v) is 23.9. The lowest BCUT2D eigenvalue weighted by Crippen LogP contribution is -2.52. The Morgan fingerprint density at radius 2 is 1.63 bits per heavy atom. The molecule has 1 unspecified atom stereocenters. The van der Waals surface area contributed by atoms with Crippen LogP contribution in [-0.2, 0) is 17.8 Å². The molecule has 2 aliphatic rings. The standard InChI is InChI=1S/C33H38FN3O4/c1-21(2)35-32(38)24-8-13-27(14-9-24)37-30-19-29(41-20-22-4-15-28(40-3)16-5-22)17-10-25(30)18-31(37)36-33(39)23-6-11-26(34)12-7-23/h4-7,10-12,15-17,19,21,24,27,31H,8-9,13-14,18,20H2,1-3H3,(H,35,38)(H,36,39). The van der Waals surface area contributed by atoms with Crippen molar-refractivity contribution in [1.82, 2.24) is 10.6 Å². The average molecular weight is 560 g/mol. The van der Waals surface area contributed by atoms with E-state index in [2.05, 4.69) is 27.7 Å². The zero-order chi connectivity index (χ0) is 28.9. The van der Waals surface area contributed by atoms with E-state index in [0.29, 0.717) is 18.6 Å². The SMILES string of the molecule is COc1ccc(COc2ccc3c(c2)N(C2CCC(C(=O)NC(C)C)CC2)C(NC(=O)c2ccc(F)cc2)C3)cc1. The summed E-state index contributed by atoms with van der Waals surface area (Å²) in [5.41, 5.74) is 3.62. The lowest BCUT2D eigenvalue weighted by atomic mass is 9.84. The van der Waals surface area contributed by atoms with E-state index in [-0.39, 0.29) is 41.8 Å². The number of methoxy groups -OCH3 is 1. The Balaban J connectivity index is 1.34. The van der Waals surface area contributed by atoms with Crippen molar-refractivity contribution in [1.29, 1.82) is 0 Å². The van der Waals surface area contributed by atoms with Crippen molar-refractivity contribution in [3.05, 3.63) is 89.2 Å². The van der Waals surface area contributed by atoms with Crippen LogP contribution in [0.3, 0.4) is 0 Å². The van der Waals surface area contributed by atoms with E-state index >= 15 is 0 Å². The smallest absolute Gasteiger partial charge is 0.252 e.